The predicted octanol–water partition coefficient (Wildman–Crippen LogP) is 2.01. The van der Waals surface area contributed by atoms with Crippen LogP contribution in [-0.4, -0.2) is 56.5 Å². The second-order valence-electron chi connectivity index (χ2n) is 7.54. The van der Waals surface area contributed by atoms with Crippen molar-refractivity contribution in [3.05, 3.63) is 77.1 Å². The number of carboxylic acids is 2. The number of carboxylic acid groups (broad SMARTS) is 2. The SMILES string of the molecule is CC(=O)O.O=C(O)CC(NC(=O)CNC(=O)c1csc(NC(=O)NCc2ccccc2)n1)c1cccnc1. The van der Waals surface area contributed by atoms with E-state index in [2.05, 4.69) is 31.2 Å². The van der Waals surface area contributed by atoms with E-state index in [0.29, 0.717) is 12.1 Å². The molecule has 13 nitrogen and oxygen atoms in total. The average molecular weight is 543 g/mol. The van der Waals surface area contributed by atoms with E-state index < -0.39 is 35.8 Å². The topological polar surface area (TPSA) is 200 Å². The Kier molecular flexibility index (Phi) is 11.8. The highest BCUT2D eigenvalue weighted by Gasteiger charge is 2.19. The molecule has 0 saturated carbocycles. The molecule has 6 N–H and O–H groups in total. The number of carbonyl (C=O) groups is 5. The van der Waals surface area contributed by atoms with Crippen LogP contribution in [0.4, 0.5) is 9.93 Å². The Morgan fingerprint density at radius 2 is 1.71 bits per heavy atom. The molecule has 0 bridgehead atoms. The molecular weight excluding hydrogens is 516 g/mol. The van der Waals surface area contributed by atoms with E-state index in [0.717, 1.165) is 23.8 Å². The van der Waals surface area contributed by atoms with E-state index in [9.17, 15) is 19.2 Å². The summed E-state index contributed by atoms with van der Waals surface area (Å²) in [4.78, 5) is 64.7. The number of thiazole rings is 1. The van der Waals surface area contributed by atoms with Crippen LogP contribution in [0.25, 0.3) is 0 Å². The number of benzene rings is 1. The number of hydrogen-bond acceptors (Lipinski definition) is 8. The molecule has 0 aliphatic rings. The molecule has 2 heterocycles. The summed E-state index contributed by atoms with van der Waals surface area (Å²) in [6.07, 6.45) is 2.67. The predicted molar refractivity (Wildman–Crippen MR) is 137 cm³/mol. The Morgan fingerprint density at radius 1 is 1.00 bits per heavy atom. The lowest BCUT2D eigenvalue weighted by atomic mass is 10.1. The van der Waals surface area contributed by atoms with Crippen molar-refractivity contribution in [2.75, 3.05) is 11.9 Å². The third-order valence-corrected chi connectivity index (χ3v) is 5.22. The Morgan fingerprint density at radius 3 is 2.34 bits per heavy atom. The fraction of sp³-hybridized carbons (Fsp3) is 0.208. The molecule has 3 rings (SSSR count). The van der Waals surface area contributed by atoms with Gasteiger partial charge < -0.3 is 26.2 Å². The highest BCUT2D eigenvalue weighted by atomic mass is 32.1. The summed E-state index contributed by atoms with van der Waals surface area (Å²) in [6.45, 7) is 1.04. The monoisotopic (exact) mass is 542 g/mol. The van der Waals surface area contributed by atoms with Crippen molar-refractivity contribution in [2.45, 2.75) is 25.9 Å². The number of aromatic nitrogens is 2. The standard InChI is InChI=1S/C22H22N6O5S.C2H4O2/c29-18(26-16(9-19(30)31)15-7-4-8-23-11-15)12-24-20(32)17-13-34-22(27-17)28-21(33)25-10-14-5-2-1-3-6-14;1-2(3)4/h1-8,11,13,16H,9-10,12H2,(H,24,32)(H,26,29)(H,30,31)(H2,25,27,28,33);1H3,(H,3,4). The van der Waals surface area contributed by atoms with Crippen molar-refractivity contribution in [3.8, 4) is 0 Å². The molecule has 0 fully saturated rings. The zero-order chi connectivity index (χ0) is 27.9. The first-order valence-corrected chi connectivity index (χ1v) is 11.9. The summed E-state index contributed by atoms with van der Waals surface area (Å²) >= 11 is 1.06. The zero-order valence-electron chi connectivity index (χ0n) is 20.2. The number of nitrogens with zero attached hydrogens (tertiary/aromatic N) is 2. The first-order valence-electron chi connectivity index (χ1n) is 11.1. The van der Waals surface area contributed by atoms with E-state index >= 15 is 0 Å². The maximum absolute atomic E-state index is 12.3. The van der Waals surface area contributed by atoms with Crippen molar-refractivity contribution in [3.63, 3.8) is 0 Å². The molecule has 200 valence electrons. The van der Waals surface area contributed by atoms with Gasteiger partial charge in [-0.3, -0.25) is 29.5 Å². The lowest BCUT2D eigenvalue weighted by Gasteiger charge is -2.17. The zero-order valence-corrected chi connectivity index (χ0v) is 21.0. The molecule has 3 aromatic rings. The second-order valence-corrected chi connectivity index (χ2v) is 8.40. The second kappa shape index (κ2) is 15.3. The summed E-state index contributed by atoms with van der Waals surface area (Å²) in [5.74, 6) is -3.11. The molecule has 0 spiro atoms. The number of urea groups is 1. The summed E-state index contributed by atoms with van der Waals surface area (Å²) in [6, 6.07) is 11.4. The molecule has 2 aromatic heterocycles. The van der Waals surface area contributed by atoms with Crippen molar-refractivity contribution in [2.24, 2.45) is 0 Å². The Bertz CT molecular complexity index is 1230. The minimum Gasteiger partial charge on any atom is -0.481 e. The van der Waals surface area contributed by atoms with Crippen molar-refractivity contribution >= 4 is 46.3 Å². The summed E-state index contributed by atoms with van der Waals surface area (Å²) < 4.78 is 0. The molecule has 0 radical (unpaired) electrons. The minimum absolute atomic E-state index is 0.0329. The van der Waals surface area contributed by atoms with Gasteiger partial charge in [-0.05, 0) is 17.2 Å². The van der Waals surface area contributed by atoms with Crippen LogP contribution in [0.2, 0.25) is 0 Å². The molecule has 0 saturated heterocycles. The van der Waals surface area contributed by atoms with Crippen LogP contribution in [0.15, 0.2) is 60.2 Å². The number of amides is 4. The van der Waals surface area contributed by atoms with Crippen LogP contribution < -0.4 is 21.3 Å². The lowest BCUT2D eigenvalue weighted by molar-refractivity contribution is -0.138. The highest BCUT2D eigenvalue weighted by Crippen LogP contribution is 2.16. The molecule has 1 unspecified atom stereocenters. The number of pyridine rings is 1. The number of nitrogens with one attached hydrogen (secondary N) is 4. The van der Waals surface area contributed by atoms with Gasteiger partial charge in [-0.15, -0.1) is 11.3 Å². The Hall–Kier alpha value is -4.85. The van der Waals surface area contributed by atoms with Gasteiger partial charge in [0, 0.05) is 31.2 Å². The maximum Gasteiger partial charge on any atom is 0.321 e. The fourth-order valence-corrected chi connectivity index (χ4v) is 3.55. The molecule has 1 aromatic carbocycles. The Labute approximate surface area is 221 Å². The molecule has 0 aliphatic carbocycles. The van der Waals surface area contributed by atoms with Gasteiger partial charge in [0.05, 0.1) is 19.0 Å². The average Bonchev–Trinajstić information content (AvgIpc) is 3.35. The van der Waals surface area contributed by atoms with Gasteiger partial charge in [0.15, 0.2) is 5.13 Å². The Balaban J connectivity index is 0.00000118. The molecule has 4 amide bonds. The third kappa shape index (κ3) is 11.3. The summed E-state index contributed by atoms with van der Waals surface area (Å²) in [5.41, 5.74) is 1.50. The molecular formula is C24H26N6O7S. The number of rotatable bonds is 10. The lowest BCUT2D eigenvalue weighted by Crippen LogP contribution is -2.39. The van der Waals surface area contributed by atoms with E-state index in [1.54, 1.807) is 12.1 Å². The highest BCUT2D eigenvalue weighted by molar-refractivity contribution is 7.14. The van der Waals surface area contributed by atoms with Crippen LogP contribution in [0, 0.1) is 0 Å². The van der Waals surface area contributed by atoms with Gasteiger partial charge in [-0.2, -0.15) is 0 Å². The number of anilines is 1. The van der Waals surface area contributed by atoms with Crippen LogP contribution >= 0.6 is 11.3 Å². The normalized spacial score (nSPS) is 10.7. The van der Waals surface area contributed by atoms with Crippen molar-refractivity contribution < 1.29 is 34.2 Å². The first-order chi connectivity index (χ1) is 18.1. The molecule has 14 heteroatoms. The van der Waals surface area contributed by atoms with Crippen molar-refractivity contribution in [1.82, 2.24) is 25.9 Å². The smallest absolute Gasteiger partial charge is 0.321 e. The van der Waals surface area contributed by atoms with Crippen LogP contribution in [0.1, 0.15) is 41.0 Å². The van der Waals surface area contributed by atoms with Crippen molar-refractivity contribution in [1.29, 1.82) is 0 Å². The summed E-state index contributed by atoms with van der Waals surface area (Å²) in [5, 5.41) is 28.4. The maximum atomic E-state index is 12.3. The van der Waals surface area contributed by atoms with Crippen LogP contribution in [0.3, 0.4) is 0 Å². The number of hydrogen-bond donors (Lipinski definition) is 6. The van der Waals surface area contributed by atoms with E-state index in [1.165, 1.54) is 17.8 Å². The van der Waals surface area contributed by atoms with Gasteiger partial charge in [-0.25, -0.2) is 9.78 Å². The van der Waals surface area contributed by atoms with Gasteiger partial charge in [-0.1, -0.05) is 36.4 Å². The fourth-order valence-electron chi connectivity index (χ4n) is 2.86. The third-order valence-electron chi connectivity index (χ3n) is 4.46. The number of aliphatic carboxylic acids is 2. The van der Waals surface area contributed by atoms with E-state index in [4.69, 9.17) is 15.0 Å². The van der Waals surface area contributed by atoms with Gasteiger partial charge >= 0.3 is 12.0 Å². The van der Waals surface area contributed by atoms with Gasteiger partial charge in [0.1, 0.15) is 5.69 Å². The van der Waals surface area contributed by atoms with Crippen LogP contribution in [0.5, 0.6) is 0 Å². The van der Waals surface area contributed by atoms with E-state index in [1.807, 2.05) is 30.3 Å². The van der Waals surface area contributed by atoms with E-state index in [-0.39, 0.29) is 23.8 Å². The van der Waals surface area contributed by atoms with Crippen LogP contribution in [-0.2, 0) is 20.9 Å². The van der Waals surface area contributed by atoms with Gasteiger partial charge in [0.25, 0.3) is 11.9 Å². The molecule has 0 aliphatic heterocycles. The minimum atomic E-state index is -1.09. The quantitative estimate of drug-likeness (QED) is 0.222. The molecule has 38 heavy (non-hydrogen) atoms. The van der Waals surface area contributed by atoms with Gasteiger partial charge in [0.2, 0.25) is 5.91 Å². The summed E-state index contributed by atoms with van der Waals surface area (Å²) in [7, 11) is 0. The largest absolute Gasteiger partial charge is 0.481 e. The molecule has 1 atom stereocenters. The number of carbonyl (C=O) groups excluding carboxylic acids is 3. The first kappa shape index (κ1) is 29.4.